The van der Waals surface area contributed by atoms with Crippen molar-refractivity contribution in [3.05, 3.63) is 18.2 Å². The van der Waals surface area contributed by atoms with Gasteiger partial charge in [-0.05, 0) is 25.0 Å². The topological polar surface area (TPSA) is 77.6 Å². The number of unbranched alkanes of at least 4 members (excludes halogenated alkanes) is 1. The Hall–Kier alpha value is -2.52. The molecule has 3 heterocycles. The van der Waals surface area contributed by atoms with Gasteiger partial charge in [0.2, 0.25) is 0 Å². The number of hydrogen-bond donors (Lipinski definition) is 1. The van der Waals surface area contributed by atoms with Crippen LogP contribution in [-0.2, 0) is 4.79 Å². The summed E-state index contributed by atoms with van der Waals surface area (Å²) in [5.74, 6) is 1.34. The molecule has 9 nitrogen and oxygen atoms in total. The van der Waals surface area contributed by atoms with Crippen LogP contribution in [0.2, 0.25) is 0 Å². The Bertz CT molecular complexity index is 819. The molecule has 30 heavy (non-hydrogen) atoms. The average Bonchev–Trinajstić information content (AvgIpc) is 3.17. The van der Waals surface area contributed by atoms with E-state index in [1.807, 2.05) is 18.2 Å². The van der Waals surface area contributed by atoms with Crippen LogP contribution in [0.4, 0.5) is 10.5 Å². The molecule has 164 valence electrons. The Labute approximate surface area is 177 Å². The van der Waals surface area contributed by atoms with Crippen LogP contribution in [-0.4, -0.2) is 86.0 Å². The molecule has 1 aromatic rings. The van der Waals surface area contributed by atoms with Gasteiger partial charge in [-0.25, -0.2) is 4.79 Å². The number of nitrogens with one attached hydrogen (secondary N) is 1. The van der Waals surface area contributed by atoms with Gasteiger partial charge in [0.25, 0.3) is 5.91 Å². The predicted molar refractivity (Wildman–Crippen MR) is 112 cm³/mol. The lowest BCUT2D eigenvalue weighted by molar-refractivity contribution is -0.138. The molecule has 1 N–H and O–H groups in total. The summed E-state index contributed by atoms with van der Waals surface area (Å²) in [4.78, 5) is 33.6. The summed E-state index contributed by atoms with van der Waals surface area (Å²) in [6.45, 7) is 4.14. The maximum Gasteiger partial charge on any atom is 0.327 e. The minimum Gasteiger partial charge on any atom is -0.497 e. The van der Waals surface area contributed by atoms with Crippen LogP contribution < -0.4 is 19.7 Å². The number of benzene rings is 1. The molecular weight excluding hydrogens is 386 g/mol. The van der Waals surface area contributed by atoms with E-state index in [0.29, 0.717) is 12.3 Å². The van der Waals surface area contributed by atoms with Gasteiger partial charge in [-0.15, -0.1) is 0 Å². The number of carbonyl (C=O) groups excluding carboxylic acids is 2. The van der Waals surface area contributed by atoms with E-state index in [4.69, 9.17) is 9.47 Å². The van der Waals surface area contributed by atoms with Gasteiger partial charge in [-0.2, -0.15) is 0 Å². The summed E-state index contributed by atoms with van der Waals surface area (Å²) in [7, 11) is 5.04. The number of nitrogens with zero attached hydrogens (tertiary/aromatic N) is 4. The number of ether oxygens (including phenoxy) is 2. The van der Waals surface area contributed by atoms with Crippen molar-refractivity contribution in [2.75, 3.05) is 45.8 Å². The van der Waals surface area contributed by atoms with Gasteiger partial charge in [0.05, 0.1) is 19.9 Å². The predicted octanol–water partition coefficient (Wildman–Crippen LogP) is 1.49. The van der Waals surface area contributed by atoms with E-state index in [1.54, 1.807) is 26.2 Å². The maximum atomic E-state index is 13.3. The second-order valence-corrected chi connectivity index (χ2v) is 7.99. The SMILES string of the molecule is CCCCN1C(=O)C2C(NC3N(c4ccc(OC)cc4OC)CCCN23)N(C)C1=O. The molecule has 3 saturated heterocycles. The van der Waals surface area contributed by atoms with Crippen molar-refractivity contribution >= 4 is 17.6 Å². The second-order valence-electron chi connectivity index (χ2n) is 7.99. The highest BCUT2D eigenvalue weighted by Gasteiger charge is 2.56. The largest absolute Gasteiger partial charge is 0.497 e. The molecular formula is C21H31N5O4. The van der Waals surface area contributed by atoms with Crippen LogP contribution in [0, 0.1) is 0 Å². The van der Waals surface area contributed by atoms with Gasteiger partial charge < -0.3 is 19.3 Å². The summed E-state index contributed by atoms with van der Waals surface area (Å²) < 4.78 is 10.9. The molecule has 0 radical (unpaired) electrons. The van der Waals surface area contributed by atoms with E-state index < -0.39 is 0 Å². The van der Waals surface area contributed by atoms with E-state index >= 15 is 0 Å². The quantitative estimate of drug-likeness (QED) is 0.751. The lowest BCUT2D eigenvalue weighted by atomic mass is 10.1. The molecule has 3 fully saturated rings. The molecule has 1 aromatic carbocycles. The zero-order valence-electron chi connectivity index (χ0n) is 18.1. The number of fused-ring (bicyclic) bond motifs is 3. The molecule has 4 rings (SSSR count). The summed E-state index contributed by atoms with van der Waals surface area (Å²) in [6, 6.07) is 5.14. The third-order valence-electron chi connectivity index (χ3n) is 6.30. The van der Waals surface area contributed by atoms with Crippen molar-refractivity contribution in [2.24, 2.45) is 0 Å². The normalized spacial score (nSPS) is 26.7. The smallest absolute Gasteiger partial charge is 0.327 e. The first kappa shape index (κ1) is 20.7. The van der Waals surface area contributed by atoms with Crippen LogP contribution in [0.5, 0.6) is 11.5 Å². The molecule has 0 bridgehead atoms. The third-order valence-corrected chi connectivity index (χ3v) is 6.30. The number of anilines is 1. The number of carbonyl (C=O) groups is 2. The number of urea groups is 1. The minimum atomic E-state index is -0.387. The van der Waals surface area contributed by atoms with Crippen molar-refractivity contribution in [3.63, 3.8) is 0 Å². The fourth-order valence-electron chi connectivity index (χ4n) is 4.71. The van der Waals surface area contributed by atoms with E-state index in [9.17, 15) is 9.59 Å². The Kier molecular flexibility index (Phi) is 5.75. The van der Waals surface area contributed by atoms with Crippen LogP contribution in [0.15, 0.2) is 18.2 Å². The fourth-order valence-corrected chi connectivity index (χ4v) is 4.71. The monoisotopic (exact) mass is 417 g/mol. The van der Waals surface area contributed by atoms with Gasteiger partial charge in [-0.3, -0.25) is 19.9 Å². The first-order chi connectivity index (χ1) is 14.5. The lowest BCUT2D eigenvalue weighted by Crippen LogP contribution is -2.66. The zero-order chi connectivity index (χ0) is 21.4. The molecule has 3 aliphatic rings. The van der Waals surface area contributed by atoms with Gasteiger partial charge in [0, 0.05) is 32.7 Å². The minimum absolute atomic E-state index is 0.102. The summed E-state index contributed by atoms with van der Waals surface area (Å²) in [6.07, 6.45) is 2.12. The molecule has 3 unspecified atom stereocenters. The maximum absolute atomic E-state index is 13.3. The van der Waals surface area contributed by atoms with Gasteiger partial charge in [0.1, 0.15) is 30.0 Å². The molecule has 3 atom stereocenters. The van der Waals surface area contributed by atoms with E-state index in [2.05, 4.69) is 22.0 Å². The number of imide groups is 1. The highest BCUT2D eigenvalue weighted by atomic mass is 16.5. The Morgan fingerprint density at radius 1 is 1.17 bits per heavy atom. The average molecular weight is 418 g/mol. The molecule has 3 amide bonds. The Balaban J connectivity index is 1.64. The first-order valence-electron chi connectivity index (χ1n) is 10.6. The third kappa shape index (κ3) is 3.26. The molecule has 3 aliphatic heterocycles. The number of methoxy groups -OCH3 is 2. The molecule has 0 saturated carbocycles. The van der Waals surface area contributed by atoms with E-state index in [1.165, 1.54) is 4.90 Å². The van der Waals surface area contributed by atoms with Crippen molar-refractivity contribution in [3.8, 4) is 11.5 Å². The molecule has 0 aromatic heterocycles. The molecule has 0 spiro atoms. The number of hydrogen-bond acceptors (Lipinski definition) is 7. The van der Waals surface area contributed by atoms with Crippen molar-refractivity contribution in [1.29, 1.82) is 0 Å². The van der Waals surface area contributed by atoms with E-state index in [-0.39, 0.29) is 30.4 Å². The van der Waals surface area contributed by atoms with E-state index in [0.717, 1.165) is 43.8 Å². The van der Waals surface area contributed by atoms with Crippen LogP contribution in [0.3, 0.4) is 0 Å². The highest BCUT2D eigenvalue weighted by molar-refractivity contribution is 6.00. The number of rotatable bonds is 6. The highest BCUT2D eigenvalue weighted by Crippen LogP contribution is 2.38. The van der Waals surface area contributed by atoms with Gasteiger partial charge in [-0.1, -0.05) is 13.3 Å². The molecule has 0 aliphatic carbocycles. The van der Waals surface area contributed by atoms with Crippen LogP contribution in [0.25, 0.3) is 0 Å². The van der Waals surface area contributed by atoms with Crippen LogP contribution >= 0.6 is 0 Å². The molecule has 9 heteroatoms. The summed E-state index contributed by atoms with van der Waals surface area (Å²) in [5, 5.41) is 3.53. The summed E-state index contributed by atoms with van der Waals surface area (Å²) in [5.41, 5.74) is 0.934. The second kappa shape index (κ2) is 8.31. The number of amides is 3. The Morgan fingerprint density at radius 2 is 1.97 bits per heavy atom. The number of likely N-dealkylation sites (N-methyl/N-ethyl adjacent to an activating group) is 1. The fraction of sp³-hybridized carbons (Fsp3) is 0.619. The summed E-state index contributed by atoms with van der Waals surface area (Å²) >= 11 is 0. The Morgan fingerprint density at radius 3 is 2.67 bits per heavy atom. The van der Waals surface area contributed by atoms with Gasteiger partial charge in [0.15, 0.2) is 0 Å². The zero-order valence-corrected chi connectivity index (χ0v) is 18.1. The van der Waals surface area contributed by atoms with Crippen LogP contribution in [0.1, 0.15) is 26.2 Å². The van der Waals surface area contributed by atoms with Crippen molar-refractivity contribution in [1.82, 2.24) is 20.0 Å². The van der Waals surface area contributed by atoms with Gasteiger partial charge >= 0.3 is 6.03 Å². The van der Waals surface area contributed by atoms with Crippen molar-refractivity contribution in [2.45, 2.75) is 44.7 Å². The van der Waals surface area contributed by atoms with Crippen molar-refractivity contribution < 1.29 is 19.1 Å². The standard InChI is InChI=1S/C21H31N5O4/c1-5-6-10-26-19(27)17-18(23(2)21(26)28)22-20-24(11-7-12-25(17)20)15-9-8-14(29-3)13-16(15)30-4/h8-9,13,17-18,20,22H,5-7,10-12H2,1-4H3. The lowest BCUT2D eigenvalue weighted by Gasteiger charge is -2.44. The first-order valence-corrected chi connectivity index (χ1v) is 10.6.